The fourth-order valence-corrected chi connectivity index (χ4v) is 4.56. The number of ether oxygens (including phenoxy) is 1. The highest BCUT2D eigenvalue weighted by Crippen LogP contribution is 2.42. The predicted octanol–water partition coefficient (Wildman–Crippen LogP) is 6.24. The topological polar surface area (TPSA) is 63.0 Å². The quantitative estimate of drug-likeness (QED) is 0.296. The summed E-state index contributed by atoms with van der Waals surface area (Å²) in [5.41, 5.74) is 3.95. The van der Waals surface area contributed by atoms with Gasteiger partial charge >= 0.3 is 0 Å². The lowest BCUT2D eigenvalue weighted by molar-refractivity contribution is 0.101. The summed E-state index contributed by atoms with van der Waals surface area (Å²) >= 11 is 5.11. The molecule has 0 atom stereocenters. The molecular weight excluding hydrogens is 460 g/mol. The van der Waals surface area contributed by atoms with Gasteiger partial charge in [0.25, 0.3) is 0 Å². The normalized spacial score (nSPS) is 13.0. The molecule has 1 heterocycles. The average Bonchev–Trinajstić information content (AvgIpc) is 3.63. The highest BCUT2D eigenvalue weighted by Gasteiger charge is 2.28. The van der Waals surface area contributed by atoms with Crippen LogP contribution in [0.15, 0.2) is 64.0 Å². The van der Waals surface area contributed by atoms with Gasteiger partial charge in [-0.1, -0.05) is 12.1 Å². The number of pyridine rings is 1. The van der Waals surface area contributed by atoms with Crippen molar-refractivity contribution in [2.45, 2.75) is 23.7 Å². The third-order valence-electron chi connectivity index (χ3n) is 4.99. The van der Waals surface area contributed by atoms with E-state index in [0.717, 1.165) is 40.3 Å². The Hall–Kier alpha value is -2.62. The number of halogens is 1. The summed E-state index contributed by atoms with van der Waals surface area (Å²) in [6, 6.07) is 19.3. The molecule has 1 aliphatic rings. The second-order valence-electron chi connectivity index (χ2n) is 7.11. The molecule has 3 aromatic rings. The number of hydrogen-bond acceptors (Lipinski definition) is 5. The number of nitriles is 1. The molecule has 30 heavy (non-hydrogen) atoms. The number of methoxy groups -OCH3 is 1. The molecule has 1 aliphatic carbocycles. The first-order valence-corrected chi connectivity index (χ1v) is 11.4. The Bertz CT molecular complexity index is 1120. The number of benzene rings is 2. The molecule has 1 saturated carbocycles. The summed E-state index contributed by atoms with van der Waals surface area (Å²) in [5.74, 6) is 1.51. The van der Waals surface area contributed by atoms with Crippen LogP contribution in [-0.2, 0) is 0 Å². The van der Waals surface area contributed by atoms with Gasteiger partial charge in [-0.25, -0.2) is 4.98 Å². The minimum atomic E-state index is -0.0138. The van der Waals surface area contributed by atoms with E-state index in [2.05, 4.69) is 28.1 Å². The Kier molecular flexibility index (Phi) is 6.21. The van der Waals surface area contributed by atoms with Crippen LogP contribution in [-0.4, -0.2) is 23.6 Å². The van der Waals surface area contributed by atoms with Crippen LogP contribution in [0, 0.1) is 11.3 Å². The van der Waals surface area contributed by atoms with Crippen molar-refractivity contribution in [2.75, 3.05) is 12.9 Å². The predicted molar refractivity (Wildman–Crippen MR) is 122 cm³/mol. The van der Waals surface area contributed by atoms with Crippen LogP contribution in [0.5, 0.6) is 5.75 Å². The maximum Gasteiger partial charge on any atom is 0.192 e. The zero-order valence-electron chi connectivity index (χ0n) is 16.4. The molecule has 2 aromatic carbocycles. The van der Waals surface area contributed by atoms with E-state index in [4.69, 9.17) is 15.0 Å². The number of carbonyl (C=O) groups excluding carboxylic acids is 1. The maximum absolute atomic E-state index is 13.1. The zero-order chi connectivity index (χ0) is 21.1. The molecule has 1 fully saturated rings. The number of Topliss-reactive ketones (excluding diaryl/α,β-unsaturated/α-hetero) is 1. The van der Waals surface area contributed by atoms with Crippen LogP contribution in [0.2, 0.25) is 0 Å². The number of rotatable bonds is 7. The minimum absolute atomic E-state index is 0.0138. The summed E-state index contributed by atoms with van der Waals surface area (Å²) in [6.07, 6.45) is 2.21. The zero-order valence-corrected chi connectivity index (χ0v) is 18.8. The van der Waals surface area contributed by atoms with Crippen molar-refractivity contribution in [2.24, 2.45) is 0 Å². The van der Waals surface area contributed by atoms with Gasteiger partial charge in [0.1, 0.15) is 11.4 Å². The Morgan fingerprint density at radius 2 is 1.90 bits per heavy atom. The highest BCUT2D eigenvalue weighted by molar-refractivity contribution is 9.10. The van der Waals surface area contributed by atoms with E-state index in [1.807, 2.05) is 36.4 Å². The van der Waals surface area contributed by atoms with Crippen LogP contribution >= 0.6 is 27.7 Å². The SMILES string of the molecule is COc1ccc(SCC(=O)c2nc(C3CC3)cc(-c3ccc(C#N)cc3)c2Br)cc1. The van der Waals surface area contributed by atoms with Gasteiger partial charge < -0.3 is 4.74 Å². The van der Waals surface area contributed by atoms with Crippen LogP contribution in [0.3, 0.4) is 0 Å². The van der Waals surface area contributed by atoms with Gasteiger partial charge in [0, 0.05) is 16.5 Å². The molecule has 4 nitrogen and oxygen atoms in total. The first kappa shape index (κ1) is 20.6. The van der Waals surface area contributed by atoms with Crippen molar-refractivity contribution in [1.82, 2.24) is 4.98 Å². The third-order valence-corrected chi connectivity index (χ3v) is 6.81. The fraction of sp³-hybridized carbons (Fsp3) is 0.208. The number of ketones is 1. The summed E-state index contributed by atoms with van der Waals surface area (Å²) < 4.78 is 5.89. The molecule has 0 aliphatic heterocycles. The number of carbonyl (C=O) groups is 1. The Labute approximate surface area is 188 Å². The molecule has 0 spiro atoms. The van der Waals surface area contributed by atoms with E-state index in [0.29, 0.717) is 27.4 Å². The molecule has 1 aromatic heterocycles. The van der Waals surface area contributed by atoms with Crippen molar-refractivity contribution < 1.29 is 9.53 Å². The van der Waals surface area contributed by atoms with Crippen molar-refractivity contribution >= 4 is 33.5 Å². The monoisotopic (exact) mass is 478 g/mol. The standard InChI is InChI=1S/C24H19BrN2O2S/c1-29-18-8-10-19(11-9-18)30-14-22(28)24-23(25)20(12-21(27-24)17-6-7-17)16-4-2-15(13-26)3-5-16/h2-5,8-12,17H,6-7,14H2,1H3. The Morgan fingerprint density at radius 1 is 1.20 bits per heavy atom. The van der Waals surface area contributed by atoms with Gasteiger partial charge in [0.05, 0.1) is 29.0 Å². The fourth-order valence-electron chi connectivity index (χ4n) is 3.15. The smallest absolute Gasteiger partial charge is 0.192 e. The van der Waals surface area contributed by atoms with E-state index in [-0.39, 0.29) is 5.78 Å². The van der Waals surface area contributed by atoms with Crippen molar-refractivity contribution in [3.05, 3.63) is 76.0 Å². The molecular formula is C24H19BrN2O2S. The number of thioether (sulfide) groups is 1. The van der Waals surface area contributed by atoms with E-state index >= 15 is 0 Å². The number of aromatic nitrogens is 1. The van der Waals surface area contributed by atoms with Gasteiger partial charge in [-0.05, 0) is 82.4 Å². The second kappa shape index (κ2) is 9.03. The minimum Gasteiger partial charge on any atom is -0.497 e. The van der Waals surface area contributed by atoms with Crippen molar-refractivity contribution in [3.8, 4) is 22.9 Å². The maximum atomic E-state index is 13.1. The first-order valence-electron chi connectivity index (χ1n) is 9.60. The molecule has 4 rings (SSSR count). The lowest BCUT2D eigenvalue weighted by Crippen LogP contribution is -2.09. The highest BCUT2D eigenvalue weighted by atomic mass is 79.9. The van der Waals surface area contributed by atoms with Crippen LogP contribution in [0.4, 0.5) is 0 Å². The first-order chi connectivity index (χ1) is 14.6. The van der Waals surface area contributed by atoms with Crippen LogP contribution in [0.25, 0.3) is 11.1 Å². The molecule has 0 radical (unpaired) electrons. The molecule has 0 amide bonds. The average molecular weight is 479 g/mol. The van der Waals surface area contributed by atoms with Gasteiger partial charge in [0.15, 0.2) is 5.78 Å². The Balaban J connectivity index is 1.61. The lowest BCUT2D eigenvalue weighted by atomic mass is 10.0. The molecule has 150 valence electrons. The van der Waals surface area contributed by atoms with E-state index < -0.39 is 0 Å². The van der Waals surface area contributed by atoms with E-state index in [1.165, 1.54) is 11.8 Å². The second-order valence-corrected chi connectivity index (χ2v) is 8.95. The van der Waals surface area contributed by atoms with E-state index in [1.54, 1.807) is 19.2 Å². The molecule has 0 N–H and O–H groups in total. The summed E-state index contributed by atoms with van der Waals surface area (Å²) in [6.45, 7) is 0. The summed E-state index contributed by atoms with van der Waals surface area (Å²) in [5, 5.41) is 9.05. The van der Waals surface area contributed by atoms with Gasteiger partial charge in [-0.2, -0.15) is 5.26 Å². The van der Waals surface area contributed by atoms with Gasteiger partial charge in [-0.15, -0.1) is 11.8 Å². The Morgan fingerprint density at radius 3 is 2.50 bits per heavy atom. The number of hydrogen-bond donors (Lipinski definition) is 0. The molecule has 0 unspecified atom stereocenters. The van der Waals surface area contributed by atoms with Gasteiger partial charge in [0.2, 0.25) is 0 Å². The number of nitrogens with zero attached hydrogens (tertiary/aromatic N) is 2. The van der Waals surface area contributed by atoms with Crippen molar-refractivity contribution in [1.29, 1.82) is 5.26 Å². The van der Waals surface area contributed by atoms with Crippen LogP contribution in [0.1, 0.15) is 40.5 Å². The van der Waals surface area contributed by atoms with Gasteiger partial charge in [-0.3, -0.25) is 4.79 Å². The molecule has 0 bridgehead atoms. The molecule has 6 heteroatoms. The largest absolute Gasteiger partial charge is 0.497 e. The lowest BCUT2D eigenvalue weighted by Gasteiger charge is -2.12. The molecule has 0 saturated heterocycles. The van der Waals surface area contributed by atoms with Crippen molar-refractivity contribution in [3.63, 3.8) is 0 Å². The summed E-state index contributed by atoms with van der Waals surface area (Å²) in [7, 11) is 1.63. The van der Waals surface area contributed by atoms with E-state index in [9.17, 15) is 4.79 Å². The van der Waals surface area contributed by atoms with Crippen LogP contribution < -0.4 is 4.74 Å². The third kappa shape index (κ3) is 4.58. The summed E-state index contributed by atoms with van der Waals surface area (Å²) in [4.78, 5) is 18.8.